The van der Waals surface area contributed by atoms with Crippen molar-refractivity contribution in [1.29, 1.82) is 0 Å². The van der Waals surface area contributed by atoms with Crippen molar-refractivity contribution >= 4 is 11.9 Å². The van der Waals surface area contributed by atoms with Crippen LogP contribution in [0.15, 0.2) is 78.9 Å². The van der Waals surface area contributed by atoms with E-state index in [9.17, 15) is 18.4 Å². The minimum absolute atomic E-state index is 0.0356. The molecule has 0 aliphatic heterocycles. The van der Waals surface area contributed by atoms with Crippen LogP contribution < -0.4 is 5.32 Å². The molecule has 0 aliphatic rings. The topological polar surface area (TPSA) is 55.4 Å². The lowest BCUT2D eigenvalue weighted by Crippen LogP contribution is -2.46. The lowest BCUT2D eigenvalue weighted by atomic mass is 9.85. The highest BCUT2D eigenvalue weighted by Crippen LogP contribution is 2.29. The van der Waals surface area contributed by atoms with Crippen molar-refractivity contribution < 1.29 is 23.1 Å². The SMILES string of the molecule is COC(=O)[C@@H](NC(=O)Cc1ccc(F)cc1F)C(c1ccccc1)c1ccccc1. The number of esters is 1. The summed E-state index contributed by atoms with van der Waals surface area (Å²) in [5.74, 6) is -3.25. The van der Waals surface area contributed by atoms with Crippen LogP contribution in [-0.4, -0.2) is 25.0 Å². The molecule has 30 heavy (non-hydrogen) atoms. The van der Waals surface area contributed by atoms with Crippen LogP contribution in [0.3, 0.4) is 0 Å². The van der Waals surface area contributed by atoms with Crippen LogP contribution in [0, 0.1) is 11.6 Å². The Morgan fingerprint density at radius 1 is 0.900 bits per heavy atom. The van der Waals surface area contributed by atoms with Crippen LogP contribution in [0.1, 0.15) is 22.6 Å². The van der Waals surface area contributed by atoms with E-state index >= 15 is 0 Å². The number of hydrogen-bond acceptors (Lipinski definition) is 3. The second-order valence-electron chi connectivity index (χ2n) is 6.78. The molecule has 0 fully saturated rings. The Labute approximate surface area is 173 Å². The molecule has 154 valence electrons. The van der Waals surface area contributed by atoms with Gasteiger partial charge in [-0.3, -0.25) is 4.79 Å². The number of nitrogens with one attached hydrogen (secondary N) is 1. The molecule has 3 rings (SSSR count). The third-order valence-electron chi connectivity index (χ3n) is 4.79. The van der Waals surface area contributed by atoms with Crippen LogP contribution in [0.5, 0.6) is 0 Å². The number of carbonyl (C=O) groups excluding carboxylic acids is 2. The highest BCUT2D eigenvalue weighted by atomic mass is 19.1. The van der Waals surface area contributed by atoms with Crippen molar-refractivity contribution in [2.75, 3.05) is 7.11 Å². The second-order valence-corrected chi connectivity index (χ2v) is 6.78. The molecule has 0 bridgehead atoms. The van der Waals surface area contributed by atoms with Gasteiger partial charge in [0.25, 0.3) is 0 Å². The van der Waals surface area contributed by atoms with Crippen LogP contribution in [-0.2, 0) is 20.7 Å². The van der Waals surface area contributed by atoms with Crippen LogP contribution >= 0.6 is 0 Å². The van der Waals surface area contributed by atoms with Gasteiger partial charge in [0, 0.05) is 12.0 Å². The predicted molar refractivity (Wildman–Crippen MR) is 109 cm³/mol. The fourth-order valence-corrected chi connectivity index (χ4v) is 3.37. The van der Waals surface area contributed by atoms with Crippen molar-refractivity contribution in [1.82, 2.24) is 5.32 Å². The summed E-state index contributed by atoms with van der Waals surface area (Å²) in [6.07, 6.45) is -0.337. The Balaban J connectivity index is 1.92. The lowest BCUT2D eigenvalue weighted by molar-refractivity contribution is -0.145. The summed E-state index contributed by atoms with van der Waals surface area (Å²) in [6.45, 7) is 0. The van der Waals surface area contributed by atoms with E-state index in [0.717, 1.165) is 23.3 Å². The summed E-state index contributed by atoms with van der Waals surface area (Å²) in [5.41, 5.74) is 1.66. The van der Waals surface area contributed by atoms with Gasteiger partial charge in [0.15, 0.2) is 0 Å². The van der Waals surface area contributed by atoms with Crippen molar-refractivity contribution in [3.63, 3.8) is 0 Å². The number of carbonyl (C=O) groups is 2. The largest absolute Gasteiger partial charge is 0.467 e. The summed E-state index contributed by atoms with van der Waals surface area (Å²) >= 11 is 0. The zero-order valence-corrected chi connectivity index (χ0v) is 16.3. The smallest absolute Gasteiger partial charge is 0.329 e. The molecule has 0 saturated carbocycles. The molecule has 4 nitrogen and oxygen atoms in total. The average molecular weight is 409 g/mol. The molecule has 1 N–H and O–H groups in total. The first kappa shape index (κ1) is 21.2. The maximum atomic E-state index is 13.9. The second kappa shape index (κ2) is 9.78. The minimum Gasteiger partial charge on any atom is -0.467 e. The molecule has 1 amide bonds. The summed E-state index contributed by atoms with van der Waals surface area (Å²) in [7, 11) is 1.24. The van der Waals surface area contributed by atoms with E-state index in [0.29, 0.717) is 0 Å². The van der Waals surface area contributed by atoms with Crippen molar-refractivity contribution in [3.05, 3.63) is 107 Å². The molecule has 1 atom stereocenters. The molecule has 0 unspecified atom stereocenters. The molecule has 0 aliphatic carbocycles. The Bertz CT molecular complexity index is 970. The average Bonchev–Trinajstić information content (AvgIpc) is 2.76. The maximum Gasteiger partial charge on any atom is 0.329 e. The van der Waals surface area contributed by atoms with Gasteiger partial charge in [-0.05, 0) is 22.8 Å². The van der Waals surface area contributed by atoms with Gasteiger partial charge in [0.05, 0.1) is 13.5 Å². The zero-order valence-electron chi connectivity index (χ0n) is 16.3. The maximum absolute atomic E-state index is 13.9. The number of methoxy groups -OCH3 is 1. The van der Waals surface area contributed by atoms with Crippen molar-refractivity contribution in [2.45, 2.75) is 18.4 Å². The number of benzene rings is 3. The number of halogens is 2. The monoisotopic (exact) mass is 409 g/mol. The predicted octanol–water partition coefficient (Wildman–Crippen LogP) is 4.00. The normalized spacial score (nSPS) is 11.7. The Hall–Kier alpha value is -3.54. The first-order valence-corrected chi connectivity index (χ1v) is 9.40. The Kier molecular flexibility index (Phi) is 6.91. The number of hydrogen-bond donors (Lipinski definition) is 1. The van der Waals surface area contributed by atoms with Gasteiger partial charge in [-0.15, -0.1) is 0 Å². The summed E-state index contributed by atoms with van der Waals surface area (Å²) in [6, 6.07) is 20.5. The van der Waals surface area contributed by atoms with E-state index in [1.807, 2.05) is 60.7 Å². The van der Waals surface area contributed by atoms with Crippen LogP contribution in [0.4, 0.5) is 8.78 Å². The third kappa shape index (κ3) is 5.08. The van der Waals surface area contributed by atoms with Gasteiger partial charge in [-0.25, -0.2) is 13.6 Å². The van der Waals surface area contributed by atoms with E-state index in [2.05, 4.69) is 5.32 Å². The highest BCUT2D eigenvalue weighted by molar-refractivity contribution is 5.87. The number of amides is 1. The van der Waals surface area contributed by atoms with E-state index in [4.69, 9.17) is 4.74 Å². The van der Waals surface area contributed by atoms with Gasteiger partial charge in [-0.1, -0.05) is 66.7 Å². The fraction of sp³-hybridized carbons (Fsp3) is 0.167. The van der Waals surface area contributed by atoms with E-state index in [1.54, 1.807) is 0 Å². The molecule has 6 heteroatoms. The van der Waals surface area contributed by atoms with Gasteiger partial charge in [0.1, 0.15) is 17.7 Å². The summed E-state index contributed by atoms with van der Waals surface area (Å²) < 4.78 is 32.0. The number of ether oxygens (including phenoxy) is 1. The first-order chi connectivity index (χ1) is 14.5. The Morgan fingerprint density at radius 3 is 1.97 bits per heavy atom. The molecular formula is C24H21F2NO3. The minimum atomic E-state index is -1.03. The van der Waals surface area contributed by atoms with Crippen LogP contribution in [0.25, 0.3) is 0 Å². The van der Waals surface area contributed by atoms with Gasteiger partial charge < -0.3 is 10.1 Å². The molecule has 0 saturated heterocycles. The zero-order chi connectivity index (χ0) is 21.5. The van der Waals surface area contributed by atoms with Crippen LogP contribution in [0.2, 0.25) is 0 Å². The van der Waals surface area contributed by atoms with Crippen molar-refractivity contribution in [2.24, 2.45) is 0 Å². The van der Waals surface area contributed by atoms with E-state index in [-0.39, 0.29) is 12.0 Å². The fourth-order valence-electron chi connectivity index (χ4n) is 3.37. The van der Waals surface area contributed by atoms with E-state index in [1.165, 1.54) is 13.2 Å². The molecule has 0 heterocycles. The molecule has 0 aromatic heterocycles. The van der Waals surface area contributed by atoms with Gasteiger partial charge >= 0.3 is 5.97 Å². The lowest BCUT2D eigenvalue weighted by Gasteiger charge is -2.27. The first-order valence-electron chi connectivity index (χ1n) is 9.40. The van der Waals surface area contributed by atoms with Crippen molar-refractivity contribution in [3.8, 4) is 0 Å². The van der Waals surface area contributed by atoms with Gasteiger partial charge in [-0.2, -0.15) is 0 Å². The third-order valence-corrected chi connectivity index (χ3v) is 4.79. The molecule has 0 spiro atoms. The summed E-state index contributed by atoms with van der Waals surface area (Å²) in [5, 5.41) is 2.68. The van der Waals surface area contributed by atoms with E-state index < -0.39 is 35.5 Å². The molecule has 0 radical (unpaired) electrons. The Morgan fingerprint density at radius 2 is 1.47 bits per heavy atom. The summed E-state index contributed by atoms with van der Waals surface area (Å²) in [4.78, 5) is 25.3. The highest BCUT2D eigenvalue weighted by Gasteiger charge is 2.33. The molecule has 3 aromatic rings. The number of rotatable bonds is 7. The quantitative estimate of drug-likeness (QED) is 0.600. The molecular weight excluding hydrogens is 388 g/mol. The molecule has 3 aromatic carbocycles. The standard InChI is InChI=1S/C24H21F2NO3/c1-30-24(29)23(27-21(28)14-18-12-13-19(25)15-20(18)26)22(16-8-4-2-5-9-16)17-10-6-3-7-11-17/h2-13,15,22-23H,14H2,1H3,(H,27,28)/t23-/m0/s1. The van der Waals surface area contributed by atoms with Gasteiger partial charge in [0.2, 0.25) is 5.91 Å².